The number of aryl methyl sites for hydroxylation is 2. The molecule has 0 saturated carbocycles. The van der Waals surface area contributed by atoms with Crippen LogP contribution in [0.1, 0.15) is 38.3 Å². The molecular formula is C19H26N2O2. The lowest BCUT2D eigenvalue weighted by molar-refractivity contribution is 0.157. The van der Waals surface area contributed by atoms with Gasteiger partial charge in [-0.25, -0.2) is 4.79 Å². The van der Waals surface area contributed by atoms with Gasteiger partial charge in [-0.3, -0.25) is 9.89 Å². The van der Waals surface area contributed by atoms with Gasteiger partial charge >= 0.3 is 6.09 Å². The minimum Gasteiger partial charge on any atom is -0.449 e. The highest BCUT2D eigenvalue weighted by Crippen LogP contribution is 2.34. The van der Waals surface area contributed by atoms with Crippen LogP contribution in [0, 0.1) is 6.92 Å². The Morgan fingerprint density at radius 3 is 2.87 bits per heavy atom. The van der Waals surface area contributed by atoms with Gasteiger partial charge in [0.15, 0.2) is 0 Å². The van der Waals surface area contributed by atoms with E-state index < -0.39 is 0 Å². The van der Waals surface area contributed by atoms with E-state index in [-0.39, 0.29) is 12.1 Å². The minimum absolute atomic E-state index is 0.0236. The molecule has 1 aromatic rings. The smallest absolute Gasteiger partial charge is 0.414 e. The molecule has 0 N–H and O–H groups in total. The molecule has 23 heavy (non-hydrogen) atoms. The first kappa shape index (κ1) is 17.3. The molecule has 0 spiro atoms. The summed E-state index contributed by atoms with van der Waals surface area (Å²) in [6.45, 7) is 9.02. The van der Waals surface area contributed by atoms with Crippen molar-refractivity contribution < 1.29 is 9.53 Å². The molecule has 0 bridgehead atoms. The molecule has 0 aliphatic carbocycles. The summed E-state index contributed by atoms with van der Waals surface area (Å²) in [6, 6.07) is 6.21. The second-order valence-electron chi connectivity index (χ2n) is 5.67. The van der Waals surface area contributed by atoms with Gasteiger partial charge in [0.2, 0.25) is 0 Å². The number of ether oxygens (including phenoxy) is 1. The zero-order chi connectivity index (χ0) is 16.8. The van der Waals surface area contributed by atoms with Gasteiger partial charge in [-0.2, -0.15) is 0 Å². The summed E-state index contributed by atoms with van der Waals surface area (Å²) in [5, 5.41) is 0. The molecule has 1 aliphatic rings. The highest BCUT2D eigenvalue weighted by Gasteiger charge is 2.33. The van der Waals surface area contributed by atoms with Crippen LogP contribution in [0.5, 0.6) is 0 Å². The summed E-state index contributed by atoms with van der Waals surface area (Å²) in [4.78, 5) is 18.7. The van der Waals surface area contributed by atoms with Crippen molar-refractivity contribution in [3.05, 3.63) is 41.0 Å². The molecule has 0 aromatic heterocycles. The standard InChI is InChI=1S/C19H26N2O2/c1-5-15(13-20-6-2)17-11-9-16-12-14(4)8-10-18(16)21(17)19(22)23-7-3/h5,8,10,12-13,17H,6-7,9,11H2,1-4H3/b15-5+,20-13?. The maximum Gasteiger partial charge on any atom is 0.414 e. The van der Waals surface area contributed by atoms with Crippen LogP contribution in [-0.2, 0) is 11.2 Å². The summed E-state index contributed by atoms with van der Waals surface area (Å²) in [6.07, 6.45) is 5.47. The second kappa shape index (κ2) is 7.95. The van der Waals surface area contributed by atoms with Gasteiger partial charge in [-0.15, -0.1) is 0 Å². The predicted molar refractivity (Wildman–Crippen MR) is 95.6 cm³/mol. The number of nitrogens with zero attached hydrogens (tertiary/aromatic N) is 2. The Hall–Kier alpha value is -2.10. The summed E-state index contributed by atoms with van der Waals surface area (Å²) in [7, 11) is 0. The zero-order valence-corrected chi connectivity index (χ0v) is 14.5. The average Bonchev–Trinajstić information content (AvgIpc) is 2.55. The molecule has 1 aliphatic heterocycles. The first-order chi connectivity index (χ1) is 11.1. The fourth-order valence-corrected chi connectivity index (χ4v) is 3.02. The maximum absolute atomic E-state index is 12.6. The Labute approximate surface area is 138 Å². The summed E-state index contributed by atoms with van der Waals surface area (Å²) in [5.41, 5.74) is 4.43. The Bertz CT molecular complexity index is 620. The quantitative estimate of drug-likeness (QED) is 0.777. The van der Waals surface area contributed by atoms with E-state index in [1.165, 1.54) is 11.1 Å². The molecule has 1 atom stereocenters. The van der Waals surface area contributed by atoms with Crippen LogP contribution in [-0.4, -0.2) is 31.5 Å². The number of amides is 1. The number of carbonyl (C=O) groups is 1. The number of fused-ring (bicyclic) bond motifs is 1. The Balaban J connectivity index is 2.44. The fraction of sp³-hybridized carbons (Fsp3) is 0.474. The van der Waals surface area contributed by atoms with E-state index in [0.717, 1.165) is 30.6 Å². The molecule has 4 heteroatoms. The van der Waals surface area contributed by atoms with E-state index in [2.05, 4.69) is 18.0 Å². The fourth-order valence-electron chi connectivity index (χ4n) is 3.02. The van der Waals surface area contributed by atoms with E-state index in [1.54, 1.807) is 4.90 Å². The molecule has 0 saturated heterocycles. The van der Waals surface area contributed by atoms with E-state index in [1.807, 2.05) is 45.2 Å². The Kier molecular flexibility index (Phi) is 5.97. The van der Waals surface area contributed by atoms with Gasteiger partial charge in [-0.05, 0) is 57.7 Å². The van der Waals surface area contributed by atoms with Gasteiger partial charge in [0.1, 0.15) is 0 Å². The maximum atomic E-state index is 12.6. The number of carbonyl (C=O) groups excluding carboxylic acids is 1. The number of hydrogen-bond acceptors (Lipinski definition) is 3. The van der Waals surface area contributed by atoms with Crippen molar-refractivity contribution >= 4 is 18.0 Å². The molecule has 1 aromatic carbocycles. The topological polar surface area (TPSA) is 41.9 Å². The third-order valence-electron chi connectivity index (χ3n) is 4.10. The van der Waals surface area contributed by atoms with Crippen LogP contribution in [0.25, 0.3) is 0 Å². The van der Waals surface area contributed by atoms with E-state index in [4.69, 9.17) is 4.74 Å². The second-order valence-corrected chi connectivity index (χ2v) is 5.67. The molecule has 1 amide bonds. The third-order valence-corrected chi connectivity index (χ3v) is 4.10. The highest BCUT2D eigenvalue weighted by atomic mass is 16.6. The van der Waals surface area contributed by atoms with Gasteiger partial charge in [-0.1, -0.05) is 23.8 Å². The number of aliphatic imine (C=N–C) groups is 1. The summed E-state index contributed by atoms with van der Waals surface area (Å²) >= 11 is 0. The van der Waals surface area contributed by atoms with Crippen molar-refractivity contribution in [3.8, 4) is 0 Å². The van der Waals surface area contributed by atoms with Crippen molar-refractivity contribution in [2.24, 2.45) is 4.99 Å². The van der Waals surface area contributed by atoms with Crippen LogP contribution in [0.2, 0.25) is 0 Å². The van der Waals surface area contributed by atoms with E-state index in [9.17, 15) is 4.79 Å². The van der Waals surface area contributed by atoms with Crippen molar-refractivity contribution in [3.63, 3.8) is 0 Å². The number of rotatable bonds is 4. The van der Waals surface area contributed by atoms with Crippen molar-refractivity contribution in [1.29, 1.82) is 0 Å². The zero-order valence-electron chi connectivity index (χ0n) is 14.5. The lowest BCUT2D eigenvalue weighted by Crippen LogP contribution is -2.45. The lowest BCUT2D eigenvalue weighted by atomic mass is 9.91. The molecule has 1 heterocycles. The first-order valence-corrected chi connectivity index (χ1v) is 8.33. The summed E-state index contributed by atoms with van der Waals surface area (Å²) < 4.78 is 5.31. The van der Waals surface area contributed by atoms with Crippen molar-refractivity contribution in [1.82, 2.24) is 0 Å². The largest absolute Gasteiger partial charge is 0.449 e. The monoisotopic (exact) mass is 314 g/mol. The van der Waals surface area contributed by atoms with E-state index in [0.29, 0.717) is 6.61 Å². The van der Waals surface area contributed by atoms with Crippen LogP contribution in [0.4, 0.5) is 10.5 Å². The lowest BCUT2D eigenvalue weighted by Gasteiger charge is -2.37. The third kappa shape index (κ3) is 3.81. The Morgan fingerprint density at radius 1 is 1.43 bits per heavy atom. The van der Waals surface area contributed by atoms with Gasteiger partial charge in [0.25, 0.3) is 0 Å². The van der Waals surface area contributed by atoms with Crippen LogP contribution < -0.4 is 4.90 Å². The van der Waals surface area contributed by atoms with Crippen molar-refractivity contribution in [2.75, 3.05) is 18.1 Å². The molecular weight excluding hydrogens is 288 g/mol. The van der Waals surface area contributed by atoms with Gasteiger partial charge < -0.3 is 4.74 Å². The van der Waals surface area contributed by atoms with Crippen LogP contribution in [0.3, 0.4) is 0 Å². The molecule has 4 nitrogen and oxygen atoms in total. The normalized spacial score (nSPS) is 18.2. The predicted octanol–water partition coefficient (Wildman–Crippen LogP) is 4.31. The number of hydrogen-bond donors (Lipinski definition) is 0. The number of allylic oxidation sites excluding steroid dienone is 1. The van der Waals surface area contributed by atoms with Crippen LogP contribution in [0.15, 0.2) is 34.8 Å². The van der Waals surface area contributed by atoms with Gasteiger partial charge in [0, 0.05) is 12.8 Å². The van der Waals surface area contributed by atoms with E-state index >= 15 is 0 Å². The Morgan fingerprint density at radius 2 is 2.22 bits per heavy atom. The molecule has 2 rings (SSSR count). The minimum atomic E-state index is -0.286. The van der Waals surface area contributed by atoms with Crippen molar-refractivity contribution in [2.45, 2.75) is 46.6 Å². The molecule has 124 valence electrons. The first-order valence-electron chi connectivity index (χ1n) is 8.33. The summed E-state index contributed by atoms with van der Waals surface area (Å²) in [5.74, 6) is 0. The SMILES string of the molecule is C/C=C(\C=NCC)C1CCc2cc(C)ccc2N1C(=O)OCC. The highest BCUT2D eigenvalue weighted by molar-refractivity contribution is 5.94. The number of benzene rings is 1. The number of anilines is 1. The molecule has 0 fully saturated rings. The molecule has 1 unspecified atom stereocenters. The van der Waals surface area contributed by atoms with Crippen LogP contribution >= 0.6 is 0 Å². The molecule has 0 radical (unpaired) electrons. The van der Waals surface area contributed by atoms with Gasteiger partial charge in [0.05, 0.1) is 18.3 Å². The average molecular weight is 314 g/mol.